The molecule has 1 saturated carbocycles. The molecular formula is C6H18FeN3O33P6. The fourth-order valence-corrected chi connectivity index (χ4v) is 6.14. The van der Waals surface area contributed by atoms with Gasteiger partial charge in [0.15, 0.2) is 0 Å². The fraction of sp³-hybridized carbons (Fsp3) is 1.00. The number of nitrogens with zero attached hydrogens (tertiary/aromatic N) is 3. The van der Waals surface area contributed by atoms with Crippen LogP contribution in [0.15, 0.2) is 0 Å². The molecule has 1 aliphatic carbocycles. The zero-order valence-corrected chi connectivity index (χ0v) is 28.3. The largest absolute Gasteiger partial charge is 3.00 e. The third kappa shape index (κ3) is 33.7. The number of phosphoric acid groups is 6. The molecular weight excluding hydrogens is 884 g/mol. The van der Waals surface area contributed by atoms with Crippen molar-refractivity contribution >= 4 is 46.9 Å². The topological polar surface area (TPSA) is 599 Å². The second kappa shape index (κ2) is 21.3. The Morgan fingerprint density at radius 1 is 0.327 bits per heavy atom. The van der Waals surface area contributed by atoms with Gasteiger partial charge in [-0.3, -0.25) is 27.1 Å². The summed E-state index contributed by atoms with van der Waals surface area (Å²) in [5.74, 6) is 0. The number of hydrogen-bond acceptors (Lipinski definition) is 21. The maximum absolute atomic E-state index is 11.4. The van der Waals surface area contributed by atoms with Gasteiger partial charge in [0, 0.05) is 0 Å². The van der Waals surface area contributed by atoms with E-state index in [9.17, 15) is 27.4 Å². The van der Waals surface area contributed by atoms with Crippen LogP contribution in [0.5, 0.6) is 0 Å². The van der Waals surface area contributed by atoms with Gasteiger partial charge in [-0.15, -0.1) is 0 Å². The summed E-state index contributed by atoms with van der Waals surface area (Å²) in [5, 5.41) is 44.2. The van der Waals surface area contributed by atoms with Crippen LogP contribution in [0.2, 0.25) is 0 Å². The Hall–Kier alpha value is -1.22. The zero-order chi connectivity index (χ0) is 39.4. The van der Waals surface area contributed by atoms with E-state index in [0.717, 1.165) is 0 Å². The Morgan fingerprint density at radius 2 is 0.388 bits per heavy atom. The summed E-state index contributed by atoms with van der Waals surface area (Å²) in [6.07, 6.45) is -18.9. The van der Waals surface area contributed by atoms with Crippen LogP contribution in [0.25, 0.3) is 0 Å². The first-order valence-electron chi connectivity index (χ1n) is 9.65. The van der Waals surface area contributed by atoms with Crippen molar-refractivity contribution in [1.29, 1.82) is 0 Å². The molecule has 49 heavy (non-hydrogen) atoms. The molecule has 0 saturated heterocycles. The molecule has 0 amide bonds. The van der Waals surface area contributed by atoms with Gasteiger partial charge in [0.2, 0.25) is 0 Å². The van der Waals surface area contributed by atoms with E-state index in [-0.39, 0.29) is 17.1 Å². The van der Waals surface area contributed by atoms with Crippen LogP contribution in [0.1, 0.15) is 0 Å². The Kier molecular flexibility index (Phi) is 23.8. The third-order valence-corrected chi connectivity index (χ3v) is 6.61. The van der Waals surface area contributed by atoms with E-state index in [1.807, 2.05) is 0 Å². The molecule has 0 bridgehead atoms. The van der Waals surface area contributed by atoms with Crippen molar-refractivity contribution in [3.8, 4) is 0 Å². The summed E-state index contributed by atoms with van der Waals surface area (Å²) >= 11 is 0. The molecule has 36 nitrogen and oxygen atoms in total. The smallest absolute Gasteiger partial charge is 0.356 e. The van der Waals surface area contributed by atoms with Crippen LogP contribution in [-0.4, -0.2) is 111 Å². The van der Waals surface area contributed by atoms with E-state index in [2.05, 4.69) is 27.1 Å². The minimum absolute atomic E-state index is 0. The summed E-state index contributed by atoms with van der Waals surface area (Å²) in [4.78, 5) is 134. The van der Waals surface area contributed by atoms with Crippen molar-refractivity contribution in [1.82, 2.24) is 0 Å². The molecule has 1 aliphatic rings. The summed E-state index contributed by atoms with van der Waals surface area (Å²) in [7, 11) is -36.1. The van der Waals surface area contributed by atoms with Gasteiger partial charge < -0.3 is 105 Å². The molecule has 0 aromatic carbocycles. The van der Waals surface area contributed by atoms with Crippen molar-refractivity contribution in [3.05, 3.63) is 46.0 Å². The van der Waals surface area contributed by atoms with E-state index in [4.69, 9.17) is 105 Å². The fourth-order valence-electron chi connectivity index (χ4n) is 2.79. The SMILES string of the molecule is O=P(O)(O)O[C@H]1[C@H](OP(=O)(O)O)[C@@H](OP(=O)(O)O)[C@H](OP(=O)(O)O)[C@@H](OP(=O)(O)O)[C@H]1OP(=O)(O)O.O=[N+]([O-])[O-].O=[N+]([O-])[O-].O=[N+]([O-])[O-].[Fe+3]. The second-order valence-corrected chi connectivity index (χ2v) is 14.2. The molecule has 1 radical (unpaired) electrons. The van der Waals surface area contributed by atoms with Gasteiger partial charge in [0.25, 0.3) is 0 Å². The van der Waals surface area contributed by atoms with Crippen molar-refractivity contribution in [2.75, 3.05) is 0 Å². The summed E-state index contributed by atoms with van der Waals surface area (Å²) in [6.45, 7) is 0. The predicted octanol–water partition coefficient (Wildman–Crippen LogP) is -3.85. The van der Waals surface area contributed by atoms with Crippen LogP contribution >= 0.6 is 46.9 Å². The van der Waals surface area contributed by atoms with Gasteiger partial charge in [-0.2, -0.15) is 0 Å². The van der Waals surface area contributed by atoms with E-state index in [1.54, 1.807) is 0 Å². The molecule has 12 N–H and O–H groups in total. The molecule has 1 fully saturated rings. The first-order valence-corrected chi connectivity index (χ1v) is 18.8. The Bertz CT molecular complexity index is 1080. The van der Waals surface area contributed by atoms with Gasteiger partial charge in [-0.1, -0.05) is 0 Å². The first kappa shape index (κ1) is 54.6. The van der Waals surface area contributed by atoms with Crippen molar-refractivity contribution in [2.24, 2.45) is 0 Å². The van der Waals surface area contributed by atoms with Crippen molar-refractivity contribution < 1.29 is 146 Å². The average Bonchev–Trinajstić information content (AvgIpc) is 2.69. The van der Waals surface area contributed by atoms with Crippen LogP contribution in [-0.2, 0) is 71.6 Å². The molecule has 0 aromatic heterocycles. The van der Waals surface area contributed by atoms with Gasteiger partial charge in [-0.25, -0.2) is 27.4 Å². The van der Waals surface area contributed by atoms with E-state index in [0.29, 0.717) is 0 Å². The van der Waals surface area contributed by atoms with E-state index >= 15 is 0 Å². The maximum atomic E-state index is 11.4. The normalized spacial score (nSPS) is 23.0. The molecule has 43 heteroatoms. The molecule has 0 atom stereocenters. The first-order chi connectivity index (χ1) is 20.8. The van der Waals surface area contributed by atoms with Crippen molar-refractivity contribution in [2.45, 2.75) is 36.6 Å². The van der Waals surface area contributed by atoms with Gasteiger partial charge in [0.1, 0.15) is 36.6 Å². The van der Waals surface area contributed by atoms with E-state index in [1.165, 1.54) is 0 Å². The van der Waals surface area contributed by atoms with Crippen LogP contribution in [0, 0.1) is 46.0 Å². The van der Waals surface area contributed by atoms with Gasteiger partial charge in [0.05, 0.1) is 15.3 Å². The van der Waals surface area contributed by atoms with E-state index < -0.39 is 98.8 Å². The Balaban J connectivity index is -0.000000668. The quantitative estimate of drug-likeness (QED) is 0.0386. The minimum atomic E-state index is -6.02. The van der Waals surface area contributed by atoms with Crippen LogP contribution < -0.4 is 0 Å². The summed E-state index contributed by atoms with van der Waals surface area (Å²) in [6, 6.07) is 0. The second-order valence-electron chi connectivity index (χ2n) is 7.03. The Labute approximate surface area is 275 Å². The molecule has 0 aromatic rings. The minimum Gasteiger partial charge on any atom is -0.356 e. The van der Waals surface area contributed by atoms with Crippen molar-refractivity contribution in [3.63, 3.8) is 0 Å². The predicted molar refractivity (Wildman–Crippen MR) is 133 cm³/mol. The molecule has 0 heterocycles. The molecule has 1 rings (SSSR count). The van der Waals surface area contributed by atoms with Gasteiger partial charge >= 0.3 is 64.0 Å². The molecule has 0 unspecified atom stereocenters. The van der Waals surface area contributed by atoms with Crippen LogP contribution in [0.4, 0.5) is 0 Å². The third-order valence-electron chi connectivity index (χ3n) is 3.50. The standard InChI is InChI=1S/C6H18O24P6.Fe.3NO3/c7-31(8,9)25-1-2(26-32(10,11)12)4(28-34(16,17)18)6(30-36(22,23)24)5(29-35(19,20)21)3(1)27-33(13,14)15;;3*2-1(3)4/h1-6H,(H2,7,8,9)(H2,10,11,12)(H2,13,14,15)(H2,16,17,18)(H2,19,20,21)(H2,22,23,24);;;;/q;+3;3*-1/t1-,2-,3-,4+,5-,6-;;;;. The zero-order valence-electron chi connectivity index (χ0n) is 21.8. The van der Waals surface area contributed by atoms with Crippen LogP contribution in [0.3, 0.4) is 0 Å². The Morgan fingerprint density at radius 3 is 0.429 bits per heavy atom. The monoisotopic (exact) mass is 902 g/mol. The summed E-state index contributed by atoms with van der Waals surface area (Å²) in [5.41, 5.74) is 0. The number of rotatable bonds is 12. The van der Waals surface area contributed by atoms with Gasteiger partial charge in [-0.05, 0) is 0 Å². The molecule has 293 valence electrons. The summed E-state index contributed by atoms with van der Waals surface area (Å²) < 4.78 is 93.1. The maximum Gasteiger partial charge on any atom is 3.00 e. The average molecular weight is 902 g/mol. The number of phosphoric ester groups is 6. The number of hydrogen-bond donors (Lipinski definition) is 12. The molecule has 0 aliphatic heterocycles. The molecule has 0 spiro atoms.